The molecule has 0 spiro atoms. The predicted octanol–water partition coefficient (Wildman–Crippen LogP) is -1.30. The van der Waals surface area contributed by atoms with Crippen molar-refractivity contribution in [3.8, 4) is 0 Å². The highest BCUT2D eigenvalue weighted by atomic mass is 31.2. The second-order valence-corrected chi connectivity index (χ2v) is 4.67. The molecule has 0 bridgehead atoms. The van der Waals surface area contributed by atoms with Crippen LogP contribution < -0.4 is 11.2 Å². The lowest BCUT2D eigenvalue weighted by Gasteiger charge is -2.19. The summed E-state index contributed by atoms with van der Waals surface area (Å²) in [5.74, 6) is 0. The maximum Gasteiger partial charge on any atom is 0.330 e. The molecule has 0 saturated carbocycles. The van der Waals surface area contributed by atoms with E-state index in [2.05, 4.69) is 4.52 Å². The Bertz CT molecular complexity index is 585. The summed E-state index contributed by atoms with van der Waals surface area (Å²) in [5.41, 5.74) is -1.51. The van der Waals surface area contributed by atoms with Gasteiger partial charge in [-0.15, -0.1) is 0 Å². The van der Waals surface area contributed by atoms with Crippen LogP contribution in [0.25, 0.3) is 0 Å². The first kappa shape index (κ1) is 17.3. The first-order chi connectivity index (χ1) is 10.0. The number of aromatic nitrogens is 2. The lowest BCUT2D eigenvalue weighted by atomic mass is 10.4. The van der Waals surface area contributed by atoms with Gasteiger partial charge in [0.15, 0.2) is 18.8 Å². The van der Waals surface area contributed by atoms with Crippen LogP contribution in [-0.4, -0.2) is 46.8 Å². The van der Waals surface area contributed by atoms with Crippen LogP contribution in [0, 0.1) is 0 Å². The minimum atomic E-state index is -2.15. The van der Waals surface area contributed by atoms with Crippen LogP contribution in [0.1, 0.15) is 6.23 Å². The lowest BCUT2D eigenvalue weighted by Crippen LogP contribution is -2.36. The molecule has 0 aliphatic carbocycles. The lowest BCUT2D eigenvalue weighted by molar-refractivity contribution is -0.139. The van der Waals surface area contributed by atoms with E-state index in [1.165, 1.54) is 7.11 Å². The van der Waals surface area contributed by atoms with Crippen molar-refractivity contribution in [1.29, 1.82) is 0 Å². The van der Waals surface area contributed by atoms with E-state index in [1.807, 2.05) is 4.98 Å². The fourth-order valence-corrected chi connectivity index (χ4v) is 1.65. The quantitative estimate of drug-likeness (QED) is 0.423. The molecular weight excluding hydrogens is 307 g/mol. The van der Waals surface area contributed by atoms with Crippen molar-refractivity contribution in [3.05, 3.63) is 33.1 Å². The smallest absolute Gasteiger partial charge is 0.330 e. The molecular formula is C10H13N2O8P. The highest BCUT2D eigenvalue weighted by Crippen LogP contribution is 2.31. The summed E-state index contributed by atoms with van der Waals surface area (Å²) in [5, 5.41) is 0. The number of H-pyrrole nitrogens is 1. The van der Waals surface area contributed by atoms with E-state index >= 15 is 0 Å². The molecule has 116 valence electrons. The van der Waals surface area contributed by atoms with Gasteiger partial charge in [0.25, 0.3) is 5.56 Å². The molecule has 0 aliphatic rings. The van der Waals surface area contributed by atoms with Crippen LogP contribution >= 0.6 is 8.60 Å². The molecule has 0 amide bonds. The van der Waals surface area contributed by atoms with Gasteiger partial charge in [-0.3, -0.25) is 19.1 Å². The van der Waals surface area contributed by atoms with E-state index in [9.17, 15) is 19.2 Å². The molecule has 1 aromatic rings. The number of aldehydes is 2. The average molecular weight is 320 g/mol. The van der Waals surface area contributed by atoms with Crippen LogP contribution in [-0.2, 0) is 23.4 Å². The van der Waals surface area contributed by atoms with Gasteiger partial charge in [-0.1, -0.05) is 0 Å². The molecule has 0 saturated heterocycles. The summed E-state index contributed by atoms with van der Waals surface area (Å²) in [4.78, 5) is 55.3. The van der Waals surface area contributed by atoms with Gasteiger partial charge in [-0.05, 0) is 0 Å². The van der Waals surface area contributed by atoms with Gasteiger partial charge in [0.05, 0.1) is 6.61 Å². The summed E-state index contributed by atoms with van der Waals surface area (Å²) in [6, 6.07) is 1.02. The summed E-state index contributed by atoms with van der Waals surface area (Å²) >= 11 is 0. The van der Waals surface area contributed by atoms with E-state index in [0.717, 1.165) is 16.8 Å². The Labute approximate surface area is 119 Å². The summed E-state index contributed by atoms with van der Waals surface area (Å²) in [6.07, 6.45) is -0.982. The third kappa shape index (κ3) is 5.29. The second-order valence-electron chi connectivity index (χ2n) is 3.57. The highest BCUT2D eigenvalue weighted by Gasteiger charge is 2.20. The van der Waals surface area contributed by atoms with Crippen LogP contribution in [0.3, 0.4) is 0 Å². The molecule has 1 rings (SSSR count). The first-order valence-electron chi connectivity index (χ1n) is 5.55. The molecule has 11 heteroatoms. The van der Waals surface area contributed by atoms with Crippen molar-refractivity contribution in [3.63, 3.8) is 0 Å². The summed E-state index contributed by atoms with van der Waals surface area (Å²) < 4.78 is 15.1. The monoisotopic (exact) mass is 320 g/mol. The van der Waals surface area contributed by atoms with Crippen molar-refractivity contribution in [1.82, 2.24) is 9.55 Å². The Morgan fingerprint density at radius 3 is 2.67 bits per heavy atom. The maximum absolute atomic E-state index is 11.5. The molecule has 10 nitrogen and oxygen atoms in total. The standard InChI is InChI=1S/C10H13N2O8P/c1-18-21(17)19-6-7(4-13)20-9(5-14)12-3-2-8(15)11-10(12)16/h2-5,7,9,17H,6H2,1H3,(H,11,15,16)/t7-,9+,21?/m0/s1. The second kappa shape index (κ2) is 8.55. The SMILES string of the molecule is COP(O)OC[C@H](C=O)O[C@H](C=O)n1ccc(=O)[nH]c1=O. The number of aromatic amines is 1. The minimum absolute atomic E-state index is 0.272. The van der Waals surface area contributed by atoms with Gasteiger partial charge in [0.1, 0.15) is 6.10 Å². The van der Waals surface area contributed by atoms with E-state index in [-0.39, 0.29) is 12.9 Å². The largest absolute Gasteiger partial charge is 0.338 e. The van der Waals surface area contributed by atoms with Crippen molar-refractivity contribution in [2.75, 3.05) is 13.7 Å². The summed E-state index contributed by atoms with van der Waals surface area (Å²) in [6.45, 7) is -0.373. The fourth-order valence-electron chi connectivity index (χ4n) is 1.27. The fraction of sp³-hybridized carbons (Fsp3) is 0.400. The maximum atomic E-state index is 11.5. The molecule has 1 heterocycles. The van der Waals surface area contributed by atoms with E-state index in [0.29, 0.717) is 6.29 Å². The van der Waals surface area contributed by atoms with Crippen LogP contribution in [0.4, 0.5) is 0 Å². The molecule has 0 aromatic carbocycles. The van der Waals surface area contributed by atoms with E-state index < -0.39 is 32.2 Å². The highest BCUT2D eigenvalue weighted by molar-refractivity contribution is 7.40. The Balaban J connectivity index is 2.79. The summed E-state index contributed by atoms with van der Waals surface area (Å²) in [7, 11) is -0.949. The van der Waals surface area contributed by atoms with Crippen molar-refractivity contribution < 1.29 is 28.3 Å². The topological polar surface area (TPSA) is 137 Å². The Hall–Kier alpha value is -1.71. The number of nitrogens with one attached hydrogen (secondary N) is 1. The van der Waals surface area contributed by atoms with Crippen LogP contribution in [0.15, 0.2) is 21.9 Å². The van der Waals surface area contributed by atoms with Gasteiger partial charge >= 0.3 is 14.3 Å². The zero-order chi connectivity index (χ0) is 15.8. The van der Waals surface area contributed by atoms with E-state index in [4.69, 9.17) is 14.2 Å². The number of nitrogens with zero attached hydrogens (tertiary/aromatic N) is 1. The average Bonchev–Trinajstić information content (AvgIpc) is 2.48. The first-order valence-corrected chi connectivity index (χ1v) is 6.68. The predicted molar refractivity (Wildman–Crippen MR) is 69.5 cm³/mol. The van der Waals surface area contributed by atoms with Gasteiger partial charge in [0, 0.05) is 19.4 Å². The van der Waals surface area contributed by atoms with Gasteiger partial charge in [-0.2, -0.15) is 0 Å². The molecule has 21 heavy (non-hydrogen) atoms. The van der Waals surface area contributed by atoms with Crippen molar-refractivity contribution in [2.45, 2.75) is 12.3 Å². The number of carbonyl (C=O) groups is 2. The number of hydrogen-bond donors (Lipinski definition) is 2. The van der Waals surface area contributed by atoms with Crippen molar-refractivity contribution in [2.24, 2.45) is 0 Å². The minimum Gasteiger partial charge on any atom is -0.338 e. The number of ether oxygens (including phenoxy) is 1. The Morgan fingerprint density at radius 2 is 2.14 bits per heavy atom. The Morgan fingerprint density at radius 1 is 1.43 bits per heavy atom. The normalized spacial score (nSPS) is 15.1. The number of rotatable bonds is 9. The molecule has 0 aliphatic heterocycles. The van der Waals surface area contributed by atoms with Gasteiger partial charge in [-0.25, -0.2) is 4.79 Å². The third-order valence-corrected chi connectivity index (χ3v) is 2.90. The van der Waals surface area contributed by atoms with Gasteiger partial charge < -0.3 is 23.5 Å². The number of carbonyl (C=O) groups excluding carboxylic acids is 2. The number of hydrogen-bond acceptors (Lipinski definition) is 8. The zero-order valence-corrected chi connectivity index (χ0v) is 11.8. The zero-order valence-electron chi connectivity index (χ0n) is 10.9. The van der Waals surface area contributed by atoms with Crippen LogP contribution in [0.2, 0.25) is 0 Å². The molecule has 0 radical (unpaired) electrons. The van der Waals surface area contributed by atoms with E-state index in [1.54, 1.807) is 0 Å². The Kier molecular flexibility index (Phi) is 7.06. The van der Waals surface area contributed by atoms with Crippen LogP contribution in [0.5, 0.6) is 0 Å². The van der Waals surface area contributed by atoms with Gasteiger partial charge in [0.2, 0.25) is 0 Å². The van der Waals surface area contributed by atoms with Crippen molar-refractivity contribution >= 4 is 21.2 Å². The third-order valence-electron chi connectivity index (χ3n) is 2.21. The molecule has 1 aromatic heterocycles. The molecule has 1 unspecified atom stereocenters. The molecule has 2 N–H and O–H groups in total. The molecule has 3 atom stereocenters. The molecule has 0 fully saturated rings.